The molecule has 1 aromatic rings. The predicted molar refractivity (Wildman–Crippen MR) is 84.6 cm³/mol. The number of carbonyl (C=O) groups is 2. The number of nitrogens with one attached hydrogen (secondary N) is 2. The van der Waals surface area contributed by atoms with Crippen molar-refractivity contribution in [3.05, 3.63) is 35.9 Å². The van der Waals surface area contributed by atoms with Gasteiger partial charge in [-0.25, -0.2) is 0 Å². The number of esters is 1. The number of rotatable bonds is 8. The zero-order chi connectivity index (χ0) is 14.8. The summed E-state index contributed by atoms with van der Waals surface area (Å²) < 4.78 is 5.07. The molecule has 0 spiro atoms. The topological polar surface area (TPSA) is 67.4 Å². The highest BCUT2D eigenvalue weighted by Gasteiger charge is 2.22. The molecule has 0 aromatic heterocycles. The predicted octanol–water partition coefficient (Wildman–Crippen LogP) is 1.48. The third kappa shape index (κ3) is 7.11. The Bertz CT molecular complexity index is 426. The summed E-state index contributed by atoms with van der Waals surface area (Å²) in [6, 6.07) is 9.34. The first-order chi connectivity index (χ1) is 9.69. The van der Waals surface area contributed by atoms with Crippen LogP contribution in [0.1, 0.15) is 24.8 Å². The van der Waals surface area contributed by atoms with Gasteiger partial charge in [0.15, 0.2) is 0 Å². The maximum atomic E-state index is 12.0. The summed E-state index contributed by atoms with van der Waals surface area (Å²) in [6.07, 6.45) is 0.390. The van der Waals surface area contributed by atoms with E-state index in [9.17, 15) is 9.59 Å². The fraction of sp³-hybridized carbons (Fsp3) is 0.467. The van der Waals surface area contributed by atoms with Crippen LogP contribution in [-0.2, 0) is 14.3 Å². The second-order valence-corrected chi connectivity index (χ2v) is 4.37. The van der Waals surface area contributed by atoms with Gasteiger partial charge in [0.1, 0.15) is 0 Å². The van der Waals surface area contributed by atoms with Crippen LogP contribution >= 0.6 is 12.4 Å². The molecular weight excluding hydrogens is 292 g/mol. The third-order valence-corrected chi connectivity index (χ3v) is 2.88. The molecule has 118 valence electrons. The van der Waals surface area contributed by atoms with Crippen molar-refractivity contribution in [1.82, 2.24) is 10.6 Å². The molecule has 0 aliphatic heterocycles. The minimum absolute atomic E-state index is 0. The van der Waals surface area contributed by atoms with Crippen molar-refractivity contribution in [3.8, 4) is 0 Å². The molecule has 0 saturated carbocycles. The SMILES string of the molecule is CCOC(=O)C(CNC(=O)CCNC)c1ccccc1.Cl. The van der Waals surface area contributed by atoms with Gasteiger partial charge in [-0.1, -0.05) is 30.3 Å². The van der Waals surface area contributed by atoms with E-state index < -0.39 is 5.92 Å². The number of ether oxygens (including phenoxy) is 1. The molecule has 21 heavy (non-hydrogen) atoms. The third-order valence-electron chi connectivity index (χ3n) is 2.88. The Hall–Kier alpha value is -1.59. The van der Waals surface area contributed by atoms with Crippen molar-refractivity contribution in [1.29, 1.82) is 0 Å². The number of amides is 1. The van der Waals surface area contributed by atoms with Crippen molar-refractivity contribution in [3.63, 3.8) is 0 Å². The van der Waals surface area contributed by atoms with E-state index >= 15 is 0 Å². The quantitative estimate of drug-likeness (QED) is 0.713. The summed E-state index contributed by atoms with van der Waals surface area (Å²) in [5, 5.41) is 5.68. The second-order valence-electron chi connectivity index (χ2n) is 4.37. The van der Waals surface area contributed by atoms with Gasteiger partial charge in [-0.15, -0.1) is 12.4 Å². The second kappa shape index (κ2) is 11.1. The molecule has 0 fully saturated rings. The van der Waals surface area contributed by atoms with Crippen molar-refractivity contribution in [2.75, 3.05) is 26.7 Å². The van der Waals surface area contributed by atoms with E-state index in [0.29, 0.717) is 19.6 Å². The lowest BCUT2D eigenvalue weighted by molar-refractivity contribution is -0.144. The van der Waals surface area contributed by atoms with E-state index in [1.165, 1.54) is 0 Å². The summed E-state index contributed by atoms with van der Waals surface area (Å²) in [5.41, 5.74) is 0.847. The van der Waals surface area contributed by atoms with Gasteiger partial charge < -0.3 is 15.4 Å². The van der Waals surface area contributed by atoms with Crippen LogP contribution in [0.15, 0.2) is 30.3 Å². The maximum Gasteiger partial charge on any atom is 0.315 e. The van der Waals surface area contributed by atoms with E-state index in [0.717, 1.165) is 5.56 Å². The molecule has 6 heteroatoms. The number of benzene rings is 1. The van der Waals surface area contributed by atoms with Gasteiger partial charge in [-0.2, -0.15) is 0 Å². The van der Waals surface area contributed by atoms with Gasteiger partial charge in [-0.3, -0.25) is 9.59 Å². The Balaban J connectivity index is 0.00000400. The van der Waals surface area contributed by atoms with Gasteiger partial charge >= 0.3 is 5.97 Å². The summed E-state index contributed by atoms with van der Waals surface area (Å²) in [4.78, 5) is 23.6. The molecular formula is C15H23ClN2O3. The molecule has 0 heterocycles. The van der Waals surface area contributed by atoms with E-state index in [1.807, 2.05) is 30.3 Å². The Morgan fingerprint density at radius 3 is 2.48 bits per heavy atom. The van der Waals surface area contributed by atoms with Crippen LogP contribution in [0, 0.1) is 0 Å². The van der Waals surface area contributed by atoms with Crippen molar-refractivity contribution in [2.45, 2.75) is 19.3 Å². The summed E-state index contributed by atoms with van der Waals surface area (Å²) in [7, 11) is 1.79. The number of hydrogen-bond acceptors (Lipinski definition) is 4. The van der Waals surface area contributed by atoms with Crippen LogP contribution in [0.5, 0.6) is 0 Å². The Morgan fingerprint density at radius 2 is 1.90 bits per heavy atom. The average Bonchev–Trinajstić information content (AvgIpc) is 2.46. The van der Waals surface area contributed by atoms with E-state index in [2.05, 4.69) is 10.6 Å². The molecule has 0 aliphatic rings. The van der Waals surface area contributed by atoms with Crippen LogP contribution in [0.3, 0.4) is 0 Å². The van der Waals surface area contributed by atoms with Gasteiger partial charge in [0.25, 0.3) is 0 Å². The Kier molecular flexibility index (Phi) is 10.3. The highest BCUT2D eigenvalue weighted by Crippen LogP contribution is 2.16. The minimum atomic E-state index is -0.463. The summed E-state index contributed by atoms with van der Waals surface area (Å²) in [6.45, 7) is 2.97. The lowest BCUT2D eigenvalue weighted by Crippen LogP contribution is -2.33. The summed E-state index contributed by atoms with van der Waals surface area (Å²) >= 11 is 0. The zero-order valence-corrected chi connectivity index (χ0v) is 13.2. The lowest BCUT2D eigenvalue weighted by Gasteiger charge is -2.16. The molecule has 5 nitrogen and oxygen atoms in total. The van der Waals surface area contributed by atoms with Crippen LogP contribution in [0.25, 0.3) is 0 Å². The molecule has 1 aromatic carbocycles. The fourth-order valence-electron chi connectivity index (χ4n) is 1.81. The maximum absolute atomic E-state index is 12.0. The monoisotopic (exact) mass is 314 g/mol. The first kappa shape index (κ1) is 19.4. The molecule has 1 amide bonds. The van der Waals surface area contributed by atoms with Gasteiger partial charge in [0, 0.05) is 19.5 Å². The summed E-state index contributed by atoms with van der Waals surface area (Å²) in [5.74, 6) is -0.855. The Labute approximate surface area is 131 Å². The van der Waals surface area contributed by atoms with Crippen LogP contribution in [-0.4, -0.2) is 38.6 Å². The van der Waals surface area contributed by atoms with Crippen LogP contribution in [0.4, 0.5) is 0 Å². The van der Waals surface area contributed by atoms with Crippen molar-refractivity contribution < 1.29 is 14.3 Å². The van der Waals surface area contributed by atoms with Crippen molar-refractivity contribution in [2.24, 2.45) is 0 Å². The van der Waals surface area contributed by atoms with E-state index in [-0.39, 0.29) is 30.8 Å². The first-order valence-corrected chi connectivity index (χ1v) is 6.82. The smallest absolute Gasteiger partial charge is 0.315 e. The molecule has 0 saturated heterocycles. The minimum Gasteiger partial charge on any atom is -0.465 e. The Morgan fingerprint density at radius 1 is 1.24 bits per heavy atom. The number of hydrogen-bond donors (Lipinski definition) is 2. The largest absolute Gasteiger partial charge is 0.465 e. The lowest BCUT2D eigenvalue weighted by atomic mass is 9.99. The molecule has 0 bridgehead atoms. The standard InChI is InChI=1S/C15H22N2O3.ClH/c1-3-20-15(19)13(12-7-5-4-6-8-12)11-17-14(18)9-10-16-2;/h4-8,13,16H,3,9-11H2,1-2H3,(H,17,18);1H. The van der Waals surface area contributed by atoms with Crippen molar-refractivity contribution >= 4 is 24.3 Å². The normalized spacial score (nSPS) is 11.1. The molecule has 1 unspecified atom stereocenters. The van der Waals surface area contributed by atoms with E-state index in [1.54, 1.807) is 14.0 Å². The number of halogens is 1. The van der Waals surface area contributed by atoms with Gasteiger partial charge in [0.2, 0.25) is 5.91 Å². The van der Waals surface area contributed by atoms with E-state index in [4.69, 9.17) is 4.74 Å². The zero-order valence-electron chi connectivity index (χ0n) is 12.4. The van der Waals surface area contributed by atoms with Gasteiger partial charge in [-0.05, 0) is 19.5 Å². The molecule has 1 atom stereocenters. The van der Waals surface area contributed by atoms with Crippen LogP contribution in [0.2, 0.25) is 0 Å². The number of carbonyl (C=O) groups excluding carboxylic acids is 2. The molecule has 2 N–H and O–H groups in total. The fourth-order valence-corrected chi connectivity index (χ4v) is 1.81. The van der Waals surface area contributed by atoms with Crippen LogP contribution < -0.4 is 10.6 Å². The van der Waals surface area contributed by atoms with Gasteiger partial charge in [0.05, 0.1) is 12.5 Å². The average molecular weight is 315 g/mol. The molecule has 0 aliphatic carbocycles. The molecule has 1 rings (SSSR count). The molecule has 0 radical (unpaired) electrons. The highest BCUT2D eigenvalue weighted by molar-refractivity contribution is 5.85. The first-order valence-electron chi connectivity index (χ1n) is 6.82. The highest BCUT2D eigenvalue weighted by atomic mass is 35.5.